The number of rotatable bonds is 0. The summed E-state index contributed by atoms with van der Waals surface area (Å²) in [5, 5.41) is 0. The van der Waals surface area contributed by atoms with Gasteiger partial charge in [-0.05, 0) is 27.7 Å². The fraction of sp³-hybridized carbons (Fsp3) is 0.222. The van der Waals surface area contributed by atoms with Gasteiger partial charge in [-0.3, -0.25) is 28.2 Å². The van der Waals surface area contributed by atoms with Crippen LogP contribution in [-0.2, 0) is 0 Å². The fourth-order valence-corrected chi connectivity index (χ4v) is 3.47. The van der Waals surface area contributed by atoms with E-state index in [1.807, 2.05) is 0 Å². The zero-order chi connectivity index (χ0) is 18.9. The van der Waals surface area contributed by atoms with Crippen molar-refractivity contribution in [3.63, 3.8) is 0 Å². The van der Waals surface area contributed by atoms with Crippen molar-refractivity contribution in [2.24, 2.45) is 0 Å². The Bertz CT molecular complexity index is 1390. The van der Waals surface area contributed by atoms with Crippen LogP contribution in [0.25, 0.3) is 0 Å². The van der Waals surface area contributed by atoms with Crippen LogP contribution in [0.4, 0.5) is 0 Å². The molecule has 26 heavy (non-hydrogen) atoms. The smallest absolute Gasteiger partial charge is 0.267 e. The first kappa shape index (κ1) is 15.9. The summed E-state index contributed by atoms with van der Waals surface area (Å²) in [6.07, 6.45) is 0. The van der Waals surface area contributed by atoms with Crippen LogP contribution in [0.5, 0.6) is 0 Å². The van der Waals surface area contributed by atoms with Crippen LogP contribution in [0.3, 0.4) is 0 Å². The molecule has 0 radical (unpaired) electrons. The molecule has 8 nitrogen and oxygen atoms in total. The van der Waals surface area contributed by atoms with Gasteiger partial charge in [0.05, 0.1) is 11.4 Å². The van der Waals surface area contributed by atoms with E-state index in [9.17, 15) is 19.2 Å². The van der Waals surface area contributed by atoms with Crippen molar-refractivity contribution in [3.8, 4) is 11.8 Å². The number of nitrogens with zero attached hydrogens (tertiary/aromatic N) is 4. The second-order valence-electron chi connectivity index (χ2n) is 6.28. The van der Waals surface area contributed by atoms with Crippen LogP contribution in [0.1, 0.15) is 33.9 Å². The van der Waals surface area contributed by atoms with Crippen LogP contribution < -0.4 is 22.2 Å². The predicted octanol–water partition coefficient (Wildman–Crippen LogP) is -0.659. The van der Waals surface area contributed by atoms with Gasteiger partial charge in [0.2, 0.25) is 0 Å². The van der Waals surface area contributed by atoms with Crippen LogP contribution in [0.2, 0.25) is 0 Å². The van der Waals surface area contributed by atoms with Gasteiger partial charge in [0.1, 0.15) is 11.1 Å². The van der Waals surface area contributed by atoms with Crippen LogP contribution in [-0.4, -0.2) is 18.1 Å². The highest BCUT2D eigenvalue weighted by atomic mass is 16.2. The van der Waals surface area contributed by atoms with Crippen molar-refractivity contribution < 1.29 is 0 Å². The van der Waals surface area contributed by atoms with E-state index in [2.05, 4.69) is 11.8 Å². The second kappa shape index (κ2) is 4.95. The average Bonchev–Trinajstić information content (AvgIpc) is 3.19. The molecule has 0 aromatic carbocycles. The standard InChI is InChI=1S/C18H14N4O4/c1-9-7-15(23)21-17(25)13(11(3)19(9)21)5-6-14-12(4)20-10(2)8-16(24)22(20)18(14)26/h7-8H,1-4H3. The third-order valence-corrected chi connectivity index (χ3v) is 4.63. The van der Waals surface area contributed by atoms with E-state index in [0.717, 1.165) is 9.03 Å². The topological polar surface area (TPSA) is 85.9 Å². The highest BCUT2D eigenvalue weighted by Crippen LogP contribution is 2.07. The summed E-state index contributed by atoms with van der Waals surface area (Å²) in [6.45, 7) is 6.82. The largest absolute Gasteiger partial charge is 0.290 e. The number of hydrogen-bond donors (Lipinski definition) is 0. The quantitative estimate of drug-likeness (QED) is 0.394. The molecular formula is C18H14N4O4. The molecule has 4 rings (SSSR count). The number of aryl methyl sites for hydroxylation is 4. The van der Waals surface area contributed by atoms with Crippen molar-refractivity contribution in [1.82, 2.24) is 18.1 Å². The number of hydrogen-bond acceptors (Lipinski definition) is 4. The summed E-state index contributed by atoms with van der Waals surface area (Å²) >= 11 is 0. The van der Waals surface area contributed by atoms with Gasteiger partial charge in [0.25, 0.3) is 22.2 Å². The Balaban J connectivity index is 2.01. The third kappa shape index (κ3) is 1.80. The first-order valence-corrected chi connectivity index (χ1v) is 7.91. The lowest BCUT2D eigenvalue weighted by atomic mass is 10.2. The van der Waals surface area contributed by atoms with Crippen molar-refractivity contribution >= 4 is 0 Å². The lowest BCUT2D eigenvalue weighted by Crippen LogP contribution is -2.22. The number of fused-ring (bicyclic) bond motifs is 2. The van der Waals surface area contributed by atoms with E-state index in [4.69, 9.17) is 0 Å². The lowest BCUT2D eigenvalue weighted by molar-refractivity contribution is 0.768. The summed E-state index contributed by atoms with van der Waals surface area (Å²) in [5.41, 5.74) is 0.723. The summed E-state index contributed by atoms with van der Waals surface area (Å²) in [5.74, 6) is 5.45. The van der Waals surface area contributed by atoms with Crippen molar-refractivity contribution in [2.75, 3.05) is 0 Å². The van der Waals surface area contributed by atoms with Gasteiger partial charge in [-0.1, -0.05) is 11.8 Å². The molecule has 0 saturated carbocycles. The SMILES string of the molecule is Cc1cc(=O)n2c(=O)c(C#Cc3c(C)n4c(C)cc(=O)n4c3=O)c(C)n12. The summed E-state index contributed by atoms with van der Waals surface area (Å²) in [4.78, 5) is 48.9. The first-order chi connectivity index (χ1) is 12.2. The zero-order valence-corrected chi connectivity index (χ0v) is 14.6. The number of aromatic nitrogens is 4. The first-order valence-electron chi connectivity index (χ1n) is 7.91. The van der Waals surface area contributed by atoms with Gasteiger partial charge in [0, 0.05) is 23.5 Å². The second-order valence-corrected chi connectivity index (χ2v) is 6.28. The average molecular weight is 350 g/mol. The minimum atomic E-state index is -0.523. The van der Waals surface area contributed by atoms with Crippen molar-refractivity contribution in [1.29, 1.82) is 0 Å². The Morgan fingerprint density at radius 3 is 1.27 bits per heavy atom. The van der Waals surface area contributed by atoms with E-state index >= 15 is 0 Å². The Hall–Kier alpha value is -3.60. The van der Waals surface area contributed by atoms with E-state index < -0.39 is 22.2 Å². The van der Waals surface area contributed by atoms with Crippen molar-refractivity contribution in [2.45, 2.75) is 27.7 Å². The van der Waals surface area contributed by atoms with Crippen molar-refractivity contribution in [3.05, 3.63) is 87.5 Å². The molecular weight excluding hydrogens is 336 g/mol. The molecule has 0 saturated heterocycles. The zero-order valence-electron chi connectivity index (χ0n) is 14.6. The monoisotopic (exact) mass is 350 g/mol. The van der Waals surface area contributed by atoms with Crippen LogP contribution >= 0.6 is 0 Å². The molecule has 0 aliphatic heterocycles. The molecule has 0 aliphatic carbocycles. The Morgan fingerprint density at radius 1 is 0.615 bits per heavy atom. The fourth-order valence-electron chi connectivity index (χ4n) is 3.47. The molecule has 0 bridgehead atoms. The molecule has 0 spiro atoms. The van der Waals surface area contributed by atoms with Crippen LogP contribution in [0.15, 0.2) is 31.3 Å². The maximum atomic E-state index is 12.5. The summed E-state index contributed by atoms with van der Waals surface area (Å²) < 4.78 is 5.05. The van der Waals surface area contributed by atoms with Gasteiger partial charge in [-0.25, -0.2) is 0 Å². The van der Waals surface area contributed by atoms with Gasteiger partial charge < -0.3 is 0 Å². The van der Waals surface area contributed by atoms with Crippen LogP contribution in [0, 0.1) is 39.5 Å². The molecule has 4 heterocycles. The normalized spacial score (nSPS) is 11.4. The van der Waals surface area contributed by atoms with Gasteiger partial charge in [-0.2, -0.15) is 9.03 Å². The highest BCUT2D eigenvalue weighted by molar-refractivity contribution is 5.46. The van der Waals surface area contributed by atoms with E-state index in [1.54, 1.807) is 27.7 Å². The lowest BCUT2D eigenvalue weighted by Gasteiger charge is -1.94. The maximum absolute atomic E-state index is 12.5. The van der Waals surface area contributed by atoms with Gasteiger partial charge in [-0.15, -0.1) is 0 Å². The molecule has 0 fully saturated rings. The third-order valence-electron chi connectivity index (χ3n) is 4.63. The van der Waals surface area contributed by atoms with E-state index in [1.165, 1.54) is 21.2 Å². The minimum Gasteiger partial charge on any atom is -0.267 e. The molecule has 0 aliphatic rings. The minimum absolute atomic E-state index is 0.152. The summed E-state index contributed by atoms with van der Waals surface area (Å²) in [6, 6.07) is 2.75. The molecule has 8 heteroatoms. The molecule has 0 unspecified atom stereocenters. The molecule has 130 valence electrons. The molecule has 0 N–H and O–H groups in total. The highest BCUT2D eigenvalue weighted by Gasteiger charge is 2.18. The molecule has 0 atom stereocenters. The Kier molecular flexibility index (Phi) is 3.03. The predicted molar refractivity (Wildman–Crippen MR) is 94.1 cm³/mol. The Labute approximate surface area is 145 Å². The van der Waals surface area contributed by atoms with E-state index in [0.29, 0.717) is 22.8 Å². The van der Waals surface area contributed by atoms with Gasteiger partial charge in [0.15, 0.2) is 0 Å². The Morgan fingerprint density at radius 2 is 0.962 bits per heavy atom. The maximum Gasteiger partial charge on any atom is 0.290 e. The summed E-state index contributed by atoms with van der Waals surface area (Å²) in [7, 11) is 0. The van der Waals surface area contributed by atoms with Gasteiger partial charge >= 0.3 is 0 Å². The molecule has 4 aromatic heterocycles. The molecule has 4 aromatic rings. The van der Waals surface area contributed by atoms with E-state index in [-0.39, 0.29) is 11.1 Å². The molecule has 0 amide bonds.